The maximum Gasteiger partial charge on any atom is 0.408 e. The molecule has 1 saturated heterocycles. The fourth-order valence-electron chi connectivity index (χ4n) is 6.18. The van der Waals surface area contributed by atoms with E-state index < -0.39 is 60.8 Å². The molecule has 1 aliphatic rings. The average molecular weight is 789 g/mol. The van der Waals surface area contributed by atoms with Gasteiger partial charge in [-0.1, -0.05) is 83.7 Å². The number of ether oxygens (including phenoxy) is 8. The number of unbranched alkanes of at least 4 members (excludes halogenated alkanes) is 5. The Morgan fingerprint density at radius 1 is 0.818 bits per heavy atom. The van der Waals surface area contributed by atoms with E-state index >= 15 is 8.78 Å². The van der Waals surface area contributed by atoms with Gasteiger partial charge in [0.2, 0.25) is 0 Å². The summed E-state index contributed by atoms with van der Waals surface area (Å²) in [5.41, 5.74) is 0.802. The maximum atomic E-state index is 16.9. The third kappa shape index (κ3) is 16.5. The molecule has 1 amide bonds. The van der Waals surface area contributed by atoms with Gasteiger partial charge < -0.3 is 48.5 Å². The Morgan fingerprint density at radius 2 is 1.44 bits per heavy atom. The van der Waals surface area contributed by atoms with Crippen LogP contribution < -0.4 is 10.6 Å². The molecule has 0 aliphatic carbocycles. The average Bonchev–Trinajstić information content (AvgIpc) is 3.18. The van der Waals surface area contributed by atoms with Crippen molar-refractivity contribution in [3.05, 3.63) is 35.9 Å². The normalized spacial score (nSPS) is 22.0. The van der Waals surface area contributed by atoms with Crippen LogP contribution in [0.3, 0.4) is 0 Å². The van der Waals surface area contributed by atoms with Crippen LogP contribution in [-0.4, -0.2) is 114 Å². The van der Waals surface area contributed by atoms with Crippen molar-refractivity contribution in [1.82, 2.24) is 10.6 Å². The topological polar surface area (TPSA) is 132 Å². The zero-order valence-corrected chi connectivity index (χ0v) is 34.3. The first kappa shape index (κ1) is 48.7. The molecule has 0 saturated carbocycles. The van der Waals surface area contributed by atoms with Crippen LogP contribution in [0.4, 0.5) is 13.6 Å². The molecular weight excluding hydrogens is 718 g/mol. The molecule has 0 spiro atoms. The zero-order chi connectivity index (χ0) is 40.4. The number of alkyl halides is 2. The van der Waals surface area contributed by atoms with Crippen molar-refractivity contribution < 1.29 is 56.3 Å². The van der Waals surface area contributed by atoms with Gasteiger partial charge in [0, 0.05) is 33.5 Å². The van der Waals surface area contributed by atoms with Crippen LogP contribution in [0.5, 0.6) is 0 Å². The molecule has 1 heterocycles. The van der Waals surface area contributed by atoms with Crippen LogP contribution in [0, 0.1) is 0 Å². The Bertz CT molecular complexity index is 1150. The van der Waals surface area contributed by atoms with Crippen LogP contribution in [0.2, 0.25) is 0 Å². The summed E-state index contributed by atoms with van der Waals surface area (Å²) in [5, 5.41) is 5.46. The number of benzene rings is 1. The Kier molecular flexibility index (Phi) is 24.8. The second kappa shape index (κ2) is 28.0. The Hall–Kier alpha value is -2.46. The van der Waals surface area contributed by atoms with Gasteiger partial charge in [-0.2, -0.15) is 8.78 Å². The van der Waals surface area contributed by atoms with Crippen molar-refractivity contribution in [2.45, 2.75) is 154 Å². The molecule has 2 N–H and O–H groups in total. The first-order valence-corrected chi connectivity index (χ1v) is 20.5. The summed E-state index contributed by atoms with van der Waals surface area (Å²) in [7, 11) is 1.22. The number of esters is 1. The Morgan fingerprint density at radius 3 is 2.05 bits per heavy atom. The van der Waals surface area contributed by atoms with Gasteiger partial charge in [-0.3, -0.25) is 0 Å². The van der Waals surface area contributed by atoms with Gasteiger partial charge in [-0.25, -0.2) is 9.59 Å². The first-order chi connectivity index (χ1) is 26.6. The highest BCUT2D eigenvalue weighted by Gasteiger charge is 2.68. The second-order valence-corrected chi connectivity index (χ2v) is 13.9. The Balaban J connectivity index is 2.20. The molecule has 6 atom stereocenters. The molecule has 55 heavy (non-hydrogen) atoms. The highest BCUT2D eigenvalue weighted by molar-refractivity contribution is 5.81. The number of methoxy groups -OCH3 is 1. The number of hydrogen-bond acceptors (Lipinski definition) is 11. The highest BCUT2D eigenvalue weighted by Crippen LogP contribution is 2.45. The summed E-state index contributed by atoms with van der Waals surface area (Å²) in [4.78, 5) is 25.1. The number of carbonyl (C=O) groups excluding carboxylic acids is 2. The molecule has 1 aromatic carbocycles. The fourth-order valence-corrected chi connectivity index (χ4v) is 6.18. The summed E-state index contributed by atoms with van der Waals surface area (Å²) in [6.45, 7) is 10.8. The first-order valence-electron chi connectivity index (χ1n) is 20.5. The van der Waals surface area contributed by atoms with E-state index in [0.717, 1.165) is 50.5 Å². The minimum Gasteiger partial charge on any atom is -0.464 e. The van der Waals surface area contributed by atoms with Crippen LogP contribution >= 0.6 is 0 Å². The van der Waals surface area contributed by atoms with E-state index in [1.807, 2.05) is 44.2 Å². The highest BCUT2D eigenvalue weighted by atomic mass is 19.3. The molecule has 0 aromatic heterocycles. The molecular formula is C41H70F2N2O10. The number of amides is 1. The molecule has 0 bridgehead atoms. The van der Waals surface area contributed by atoms with Crippen LogP contribution in [-0.2, 0) is 49.3 Å². The van der Waals surface area contributed by atoms with E-state index in [-0.39, 0.29) is 39.4 Å². The van der Waals surface area contributed by atoms with Crippen LogP contribution in [0.15, 0.2) is 30.3 Å². The van der Waals surface area contributed by atoms with E-state index in [9.17, 15) is 9.59 Å². The van der Waals surface area contributed by atoms with Crippen LogP contribution in [0.25, 0.3) is 0 Å². The van der Waals surface area contributed by atoms with Crippen molar-refractivity contribution in [2.24, 2.45) is 0 Å². The largest absolute Gasteiger partial charge is 0.464 e. The molecule has 1 aliphatic heterocycles. The van der Waals surface area contributed by atoms with Gasteiger partial charge in [0.25, 0.3) is 5.79 Å². The van der Waals surface area contributed by atoms with Gasteiger partial charge in [0.15, 0.2) is 0 Å². The van der Waals surface area contributed by atoms with E-state index in [4.69, 9.17) is 37.9 Å². The lowest BCUT2D eigenvalue weighted by Crippen LogP contribution is -2.75. The fraction of sp³-hybridized carbons (Fsp3) is 0.805. The number of nitrogens with one attached hydrogen (secondary N) is 2. The van der Waals surface area contributed by atoms with Crippen molar-refractivity contribution in [2.75, 3.05) is 59.8 Å². The molecule has 14 heteroatoms. The predicted octanol–water partition coefficient (Wildman–Crippen LogP) is 7.35. The van der Waals surface area contributed by atoms with E-state index in [0.29, 0.717) is 39.1 Å². The number of carbonyl (C=O) groups is 2. The van der Waals surface area contributed by atoms with Gasteiger partial charge in [0.1, 0.15) is 37.1 Å². The van der Waals surface area contributed by atoms with Crippen molar-refractivity contribution in [3.8, 4) is 0 Å². The molecule has 318 valence electrons. The summed E-state index contributed by atoms with van der Waals surface area (Å²) in [6, 6.07) is 8.21. The second-order valence-electron chi connectivity index (χ2n) is 13.9. The molecule has 0 unspecified atom stereocenters. The molecule has 0 radical (unpaired) electrons. The zero-order valence-electron chi connectivity index (χ0n) is 34.3. The molecule has 1 aromatic rings. The van der Waals surface area contributed by atoms with Crippen molar-refractivity contribution in [3.63, 3.8) is 0 Å². The van der Waals surface area contributed by atoms with Gasteiger partial charge in [0.05, 0.1) is 19.8 Å². The number of halogens is 2. The predicted molar refractivity (Wildman–Crippen MR) is 206 cm³/mol. The van der Waals surface area contributed by atoms with Gasteiger partial charge in [-0.05, 0) is 64.0 Å². The molecule has 12 nitrogen and oxygen atoms in total. The lowest BCUT2D eigenvalue weighted by atomic mass is 9.87. The number of alkyl carbamates (subject to hydrolysis) is 1. The summed E-state index contributed by atoms with van der Waals surface area (Å²) in [6.07, 6.45) is 2.94. The minimum absolute atomic E-state index is 0.0240. The Labute approximate surface area is 328 Å². The van der Waals surface area contributed by atoms with E-state index in [1.54, 1.807) is 6.92 Å². The minimum atomic E-state index is -3.60. The third-order valence-electron chi connectivity index (χ3n) is 9.36. The van der Waals surface area contributed by atoms with E-state index in [2.05, 4.69) is 24.5 Å². The summed E-state index contributed by atoms with van der Waals surface area (Å²) >= 11 is 0. The van der Waals surface area contributed by atoms with Crippen molar-refractivity contribution >= 4 is 12.1 Å². The van der Waals surface area contributed by atoms with Gasteiger partial charge in [-0.15, -0.1) is 0 Å². The quantitative estimate of drug-likeness (QED) is 0.0578. The monoisotopic (exact) mass is 788 g/mol. The van der Waals surface area contributed by atoms with Gasteiger partial charge >= 0.3 is 18.0 Å². The standard InChI is InChI=1S/C41H70F2N2O10/c1-7-12-25-49-30-34-35(51-26-13-8-2)36(52-27-14-9-3)37(53-28-15-10-4)41(48-6,55-34)40(42,43)31-44-24-20-19-23-33(38(46)50-11-5)45-39(47)54-29-32-21-17-16-18-22-32/h16-18,21-22,33-37,44H,7-15,19-20,23-31H2,1-6H3,(H,45,47)/t33-,34+,35-,36-,37+,41+/m0/s1. The lowest BCUT2D eigenvalue weighted by molar-refractivity contribution is -0.427. The third-order valence-corrected chi connectivity index (χ3v) is 9.36. The van der Waals surface area contributed by atoms with Crippen LogP contribution in [0.1, 0.15) is 111 Å². The molecule has 1 fully saturated rings. The lowest BCUT2D eigenvalue weighted by Gasteiger charge is -2.54. The number of hydrogen-bond donors (Lipinski definition) is 2. The van der Waals surface area contributed by atoms with Crippen molar-refractivity contribution in [1.29, 1.82) is 0 Å². The molecule has 2 rings (SSSR count). The summed E-state index contributed by atoms with van der Waals surface area (Å²) in [5.74, 6) is -6.71. The smallest absolute Gasteiger partial charge is 0.408 e. The number of rotatable bonds is 31. The SMILES string of the molecule is CCCCOC[C@H]1O[C@@](OC)(C(F)(F)CNCCCC[C@H](NC(=O)OCc2ccccc2)C(=O)OCC)[C@H](OCCCC)[C@@H](OCCCC)[C@H]1OCCCC. The summed E-state index contributed by atoms with van der Waals surface area (Å²) < 4.78 is 81.3. The van der Waals surface area contributed by atoms with E-state index in [1.165, 1.54) is 7.11 Å². The maximum absolute atomic E-state index is 16.9.